The first-order valence-electron chi connectivity index (χ1n) is 7.07. The molecule has 0 aromatic carbocycles. The van der Waals surface area contributed by atoms with Crippen LogP contribution in [0.4, 0.5) is 0 Å². The Balaban J connectivity index is 3.01. The summed E-state index contributed by atoms with van der Waals surface area (Å²) in [4.78, 5) is 0. The van der Waals surface area contributed by atoms with Gasteiger partial charge in [-0.2, -0.15) is 5.10 Å². The number of hydrogen-bond acceptors (Lipinski definition) is 2. The molecule has 0 aliphatic rings. The van der Waals surface area contributed by atoms with E-state index in [2.05, 4.69) is 58.8 Å². The summed E-state index contributed by atoms with van der Waals surface area (Å²) in [6.07, 6.45) is 6.92. The number of nitrogens with zero attached hydrogens (tertiary/aromatic N) is 2. The van der Waals surface area contributed by atoms with Crippen molar-refractivity contribution in [1.29, 1.82) is 0 Å². The molecule has 0 spiro atoms. The molecule has 1 rings (SSSR count). The monoisotopic (exact) mass is 315 g/mol. The maximum Gasteiger partial charge on any atom is 0.0698 e. The highest BCUT2D eigenvalue weighted by molar-refractivity contribution is 9.10. The molecule has 1 aromatic rings. The van der Waals surface area contributed by atoms with Crippen molar-refractivity contribution in [2.45, 2.75) is 59.0 Å². The molecule has 0 aliphatic heterocycles. The topological polar surface area (TPSA) is 29.9 Å². The van der Waals surface area contributed by atoms with Crippen LogP contribution in [0.3, 0.4) is 0 Å². The van der Waals surface area contributed by atoms with E-state index in [0.29, 0.717) is 12.0 Å². The predicted molar refractivity (Wildman–Crippen MR) is 80.7 cm³/mol. The second-order valence-corrected chi connectivity index (χ2v) is 5.65. The minimum absolute atomic E-state index is 0.390. The average molecular weight is 316 g/mol. The van der Waals surface area contributed by atoms with Crippen molar-refractivity contribution in [3.8, 4) is 0 Å². The highest BCUT2D eigenvalue weighted by Crippen LogP contribution is 2.33. The first kappa shape index (κ1) is 15.7. The van der Waals surface area contributed by atoms with Crippen molar-refractivity contribution in [2.75, 3.05) is 7.05 Å². The molecule has 0 bridgehead atoms. The molecule has 0 fully saturated rings. The van der Waals surface area contributed by atoms with Gasteiger partial charge in [-0.1, -0.05) is 26.7 Å². The van der Waals surface area contributed by atoms with Crippen LogP contribution in [0.1, 0.15) is 58.2 Å². The van der Waals surface area contributed by atoms with E-state index in [9.17, 15) is 0 Å². The largest absolute Gasteiger partial charge is 0.311 e. The van der Waals surface area contributed by atoms with Crippen molar-refractivity contribution in [1.82, 2.24) is 15.1 Å². The lowest BCUT2D eigenvalue weighted by atomic mass is 9.88. The van der Waals surface area contributed by atoms with E-state index in [4.69, 9.17) is 0 Å². The Morgan fingerprint density at radius 3 is 2.33 bits per heavy atom. The van der Waals surface area contributed by atoms with Gasteiger partial charge in [-0.25, -0.2) is 0 Å². The SMILES string of the molecule is CCCC(CCC)C(NC)c1c(Br)cnn1CC. The number of hydrogen-bond donors (Lipinski definition) is 1. The molecule has 104 valence electrons. The van der Waals surface area contributed by atoms with Gasteiger partial charge in [0.05, 0.1) is 22.4 Å². The molecular weight excluding hydrogens is 290 g/mol. The number of halogens is 1. The van der Waals surface area contributed by atoms with E-state index in [1.807, 2.05) is 6.20 Å². The summed E-state index contributed by atoms with van der Waals surface area (Å²) < 4.78 is 3.23. The third-order valence-corrected chi connectivity index (χ3v) is 4.14. The molecule has 0 saturated carbocycles. The minimum Gasteiger partial charge on any atom is -0.311 e. The second-order valence-electron chi connectivity index (χ2n) is 4.80. The Labute approximate surface area is 119 Å². The van der Waals surface area contributed by atoms with Crippen LogP contribution in [0, 0.1) is 5.92 Å². The summed E-state index contributed by atoms with van der Waals surface area (Å²) >= 11 is 3.65. The van der Waals surface area contributed by atoms with Gasteiger partial charge in [-0.3, -0.25) is 4.68 Å². The fraction of sp³-hybridized carbons (Fsp3) is 0.786. The van der Waals surface area contributed by atoms with Crippen LogP contribution in [-0.4, -0.2) is 16.8 Å². The van der Waals surface area contributed by atoms with Crippen molar-refractivity contribution in [2.24, 2.45) is 5.92 Å². The first-order valence-corrected chi connectivity index (χ1v) is 7.87. The Bertz CT molecular complexity index is 343. The van der Waals surface area contributed by atoms with Gasteiger partial charge in [-0.15, -0.1) is 0 Å². The van der Waals surface area contributed by atoms with Crippen LogP contribution >= 0.6 is 15.9 Å². The van der Waals surface area contributed by atoms with Gasteiger partial charge in [0.1, 0.15) is 0 Å². The van der Waals surface area contributed by atoms with E-state index < -0.39 is 0 Å². The average Bonchev–Trinajstić information content (AvgIpc) is 2.73. The zero-order chi connectivity index (χ0) is 13.5. The van der Waals surface area contributed by atoms with E-state index >= 15 is 0 Å². The Morgan fingerprint density at radius 1 is 1.28 bits per heavy atom. The molecule has 1 aromatic heterocycles. The molecule has 1 unspecified atom stereocenters. The van der Waals surface area contributed by atoms with E-state index in [-0.39, 0.29) is 0 Å². The van der Waals surface area contributed by atoms with E-state index in [0.717, 1.165) is 11.0 Å². The van der Waals surface area contributed by atoms with Crippen molar-refractivity contribution in [3.63, 3.8) is 0 Å². The molecule has 0 saturated heterocycles. The Kier molecular flexibility index (Phi) is 6.94. The predicted octanol–water partition coefficient (Wildman–Crippen LogP) is 4.14. The zero-order valence-corrected chi connectivity index (χ0v) is 13.6. The molecular formula is C14H26BrN3. The fourth-order valence-electron chi connectivity index (χ4n) is 2.75. The lowest BCUT2D eigenvalue weighted by molar-refractivity contribution is 0.314. The molecule has 18 heavy (non-hydrogen) atoms. The van der Waals surface area contributed by atoms with Crippen molar-refractivity contribution < 1.29 is 0 Å². The van der Waals surface area contributed by atoms with E-state index in [1.54, 1.807) is 0 Å². The first-order chi connectivity index (χ1) is 8.69. The molecule has 1 heterocycles. The summed E-state index contributed by atoms with van der Waals surface area (Å²) in [6.45, 7) is 7.59. The van der Waals surface area contributed by atoms with Gasteiger partial charge in [0.25, 0.3) is 0 Å². The lowest BCUT2D eigenvalue weighted by Gasteiger charge is -2.27. The van der Waals surface area contributed by atoms with Gasteiger partial charge < -0.3 is 5.32 Å². The summed E-state index contributed by atoms with van der Waals surface area (Å²) in [6, 6.07) is 0.390. The van der Waals surface area contributed by atoms with E-state index in [1.165, 1.54) is 31.4 Å². The molecule has 3 nitrogen and oxygen atoms in total. The van der Waals surface area contributed by atoms with Crippen LogP contribution in [0.25, 0.3) is 0 Å². The third kappa shape index (κ3) is 3.58. The Morgan fingerprint density at radius 2 is 1.89 bits per heavy atom. The van der Waals surface area contributed by atoms with Gasteiger partial charge in [-0.05, 0) is 48.7 Å². The quantitative estimate of drug-likeness (QED) is 0.781. The number of nitrogens with one attached hydrogen (secondary N) is 1. The third-order valence-electron chi connectivity index (χ3n) is 3.53. The lowest BCUT2D eigenvalue weighted by Crippen LogP contribution is -2.28. The number of aromatic nitrogens is 2. The van der Waals surface area contributed by atoms with Crippen molar-refractivity contribution >= 4 is 15.9 Å². The molecule has 4 heteroatoms. The normalized spacial score (nSPS) is 13.2. The maximum absolute atomic E-state index is 4.44. The standard InChI is InChI=1S/C14H26BrN3/c1-5-8-11(9-6-2)13(16-4)14-12(15)10-17-18(14)7-3/h10-11,13,16H,5-9H2,1-4H3. The van der Waals surface area contributed by atoms with Crippen LogP contribution in [0.2, 0.25) is 0 Å². The van der Waals surface area contributed by atoms with Crippen LogP contribution in [-0.2, 0) is 6.54 Å². The summed E-state index contributed by atoms with van der Waals surface area (Å²) in [5, 5.41) is 7.93. The Hall–Kier alpha value is -0.350. The molecule has 1 N–H and O–H groups in total. The molecule has 0 amide bonds. The highest BCUT2D eigenvalue weighted by Gasteiger charge is 2.25. The number of rotatable bonds is 8. The van der Waals surface area contributed by atoms with Crippen molar-refractivity contribution in [3.05, 3.63) is 16.4 Å². The van der Waals surface area contributed by atoms with Gasteiger partial charge in [0.2, 0.25) is 0 Å². The molecule has 0 radical (unpaired) electrons. The second kappa shape index (κ2) is 7.95. The van der Waals surface area contributed by atoms with Gasteiger partial charge >= 0.3 is 0 Å². The number of aryl methyl sites for hydroxylation is 1. The zero-order valence-electron chi connectivity index (χ0n) is 12.0. The summed E-state index contributed by atoms with van der Waals surface area (Å²) in [5.74, 6) is 0.684. The maximum atomic E-state index is 4.44. The van der Waals surface area contributed by atoms with Crippen LogP contribution in [0.15, 0.2) is 10.7 Å². The van der Waals surface area contributed by atoms with Crippen LogP contribution in [0.5, 0.6) is 0 Å². The molecule has 1 atom stereocenters. The minimum atomic E-state index is 0.390. The smallest absolute Gasteiger partial charge is 0.0698 e. The fourth-order valence-corrected chi connectivity index (χ4v) is 3.29. The van der Waals surface area contributed by atoms with Gasteiger partial charge in [0, 0.05) is 6.54 Å². The molecule has 0 aliphatic carbocycles. The highest BCUT2D eigenvalue weighted by atomic mass is 79.9. The van der Waals surface area contributed by atoms with Crippen LogP contribution < -0.4 is 5.32 Å². The summed E-state index contributed by atoms with van der Waals surface area (Å²) in [5.41, 5.74) is 1.30. The van der Waals surface area contributed by atoms with Gasteiger partial charge in [0.15, 0.2) is 0 Å². The summed E-state index contributed by atoms with van der Waals surface area (Å²) in [7, 11) is 2.06.